The number of hydrogen-bond donors (Lipinski definition) is 1. The molecule has 2 saturated heterocycles. The van der Waals surface area contributed by atoms with Gasteiger partial charge in [-0.1, -0.05) is 30.3 Å². The third kappa shape index (κ3) is 5.07. The summed E-state index contributed by atoms with van der Waals surface area (Å²) in [5.74, 6) is -0.0676. The minimum absolute atomic E-state index is 0.0442. The fourth-order valence-electron chi connectivity index (χ4n) is 3.81. The van der Waals surface area contributed by atoms with E-state index in [0.717, 1.165) is 24.9 Å². The molecule has 1 aromatic carbocycles. The monoisotopic (exact) mass is 372 g/mol. The van der Waals surface area contributed by atoms with Gasteiger partial charge in [-0.05, 0) is 18.4 Å². The number of rotatable bonds is 5. The first-order valence-corrected chi connectivity index (χ1v) is 9.63. The van der Waals surface area contributed by atoms with Crippen LogP contribution in [0.5, 0.6) is 0 Å². The van der Waals surface area contributed by atoms with Crippen molar-refractivity contribution in [1.82, 2.24) is 20.0 Å². The maximum atomic E-state index is 13.0. The molecule has 146 valence electrons. The number of benzene rings is 1. The number of nitrogens with one attached hydrogen (secondary N) is 1. The molecule has 0 radical (unpaired) electrons. The molecule has 2 aliphatic rings. The third-order valence-electron chi connectivity index (χ3n) is 5.31. The van der Waals surface area contributed by atoms with Crippen LogP contribution in [0.15, 0.2) is 30.3 Å². The van der Waals surface area contributed by atoms with Crippen LogP contribution in [-0.4, -0.2) is 77.7 Å². The second-order valence-corrected chi connectivity index (χ2v) is 7.23. The van der Waals surface area contributed by atoms with Gasteiger partial charge in [-0.3, -0.25) is 19.3 Å². The molecule has 3 amide bonds. The molecule has 0 unspecified atom stereocenters. The molecular formula is C20H28N4O3. The Hall–Kier alpha value is -2.41. The largest absolute Gasteiger partial charge is 0.347 e. The Balaban J connectivity index is 1.52. The predicted octanol–water partition coefficient (Wildman–Crippen LogP) is 0.458. The molecule has 1 aromatic rings. The Morgan fingerprint density at radius 1 is 1.07 bits per heavy atom. The van der Waals surface area contributed by atoms with E-state index in [-0.39, 0.29) is 30.3 Å². The van der Waals surface area contributed by atoms with E-state index in [1.54, 1.807) is 4.90 Å². The zero-order valence-electron chi connectivity index (χ0n) is 15.9. The highest BCUT2D eigenvalue weighted by Crippen LogP contribution is 2.21. The van der Waals surface area contributed by atoms with E-state index in [0.29, 0.717) is 32.7 Å². The van der Waals surface area contributed by atoms with Crippen LogP contribution < -0.4 is 5.32 Å². The summed E-state index contributed by atoms with van der Waals surface area (Å²) in [6.45, 7) is 5.50. The number of carbonyl (C=O) groups excluding carboxylic acids is 3. The Bertz CT molecular complexity index is 671. The van der Waals surface area contributed by atoms with Crippen molar-refractivity contribution < 1.29 is 14.4 Å². The molecular weight excluding hydrogens is 344 g/mol. The van der Waals surface area contributed by atoms with Gasteiger partial charge in [0, 0.05) is 46.2 Å². The zero-order chi connectivity index (χ0) is 19.2. The van der Waals surface area contributed by atoms with Crippen LogP contribution in [0.3, 0.4) is 0 Å². The van der Waals surface area contributed by atoms with E-state index in [1.165, 1.54) is 6.92 Å². The van der Waals surface area contributed by atoms with Gasteiger partial charge < -0.3 is 15.1 Å². The van der Waals surface area contributed by atoms with Crippen molar-refractivity contribution in [2.24, 2.45) is 0 Å². The van der Waals surface area contributed by atoms with E-state index in [9.17, 15) is 14.4 Å². The highest BCUT2D eigenvalue weighted by Gasteiger charge is 2.35. The summed E-state index contributed by atoms with van der Waals surface area (Å²) in [7, 11) is 0. The Morgan fingerprint density at radius 2 is 1.78 bits per heavy atom. The lowest BCUT2D eigenvalue weighted by Crippen LogP contribution is -2.58. The van der Waals surface area contributed by atoms with E-state index in [4.69, 9.17) is 0 Å². The van der Waals surface area contributed by atoms with Crippen molar-refractivity contribution >= 4 is 17.7 Å². The van der Waals surface area contributed by atoms with Crippen molar-refractivity contribution in [3.63, 3.8) is 0 Å². The second-order valence-electron chi connectivity index (χ2n) is 7.23. The average Bonchev–Trinajstić information content (AvgIpc) is 2.69. The lowest BCUT2D eigenvalue weighted by molar-refractivity contribution is -0.143. The molecule has 7 nitrogen and oxygen atoms in total. The molecule has 2 fully saturated rings. The number of nitrogens with zero attached hydrogens (tertiary/aromatic N) is 3. The minimum Gasteiger partial charge on any atom is -0.347 e. The summed E-state index contributed by atoms with van der Waals surface area (Å²) >= 11 is 0. The normalized spacial score (nSPS) is 21.2. The van der Waals surface area contributed by atoms with Crippen LogP contribution in [0, 0.1) is 0 Å². The van der Waals surface area contributed by atoms with Crippen LogP contribution >= 0.6 is 0 Å². The van der Waals surface area contributed by atoms with E-state index in [1.807, 2.05) is 23.1 Å². The van der Waals surface area contributed by atoms with Gasteiger partial charge in [0.15, 0.2) is 0 Å². The predicted molar refractivity (Wildman–Crippen MR) is 102 cm³/mol. The number of piperazine rings is 1. The molecule has 0 aromatic heterocycles. The molecule has 1 N–H and O–H groups in total. The molecule has 0 saturated carbocycles. The molecule has 3 rings (SSSR count). The minimum atomic E-state index is -0.201. The van der Waals surface area contributed by atoms with Gasteiger partial charge in [0.05, 0.1) is 12.6 Å². The summed E-state index contributed by atoms with van der Waals surface area (Å²) in [5.41, 5.74) is 1.15. The summed E-state index contributed by atoms with van der Waals surface area (Å²) in [5, 5.41) is 2.55. The van der Waals surface area contributed by atoms with E-state index >= 15 is 0 Å². The second kappa shape index (κ2) is 8.99. The van der Waals surface area contributed by atoms with Crippen LogP contribution in [0.4, 0.5) is 0 Å². The molecule has 7 heteroatoms. The maximum Gasteiger partial charge on any atom is 0.242 e. The van der Waals surface area contributed by atoms with Gasteiger partial charge in [-0.2, -0.15) is 0 Å². The Kier molecular flexibility index (Phi) is 6.45. The van der Waals surface area contributed by atoms with E-state index < -0.39 is 0 Å². The summed E-state index contributed by atoms with van der Waals surface area (Å²) in [6, 6.07) is 10.00. The van der Waals surface area contributed by atoms with Crippen molar-refractivity contribution in [3.8, 4) is 0 Å². The fourth-order valence-corrected chi connectivity index (χ4v) is 3.81. The standard InChI is InChI=1S/C20H28N4O3/c1-16(25)21-14-19(26)23-12-10-22(11-13-23)18-8-5-9-24(20(18)27)15-17-6-3-2-4-7-17/h2-4,6-7,18H,5,8-15H2,1H3,(H,21,25)/t18-/m0/s1. The van der Waals surface area contributed by atoms with Crippen LogP contribution in [-0.2, 0) is 20.9 Å². The van der Waals surface area contributed by atoms with Crippen molar-refractivity contribution in [1.29, 1.82) is 0 Å². The van der Waals surface area contributed by atoms with Crippen LogP contribution in [0.2, 0.25) is 0 Å². The highest BCUT2D eigenvalue weighted by atomic mass is 16.2. The topological polar surface area (TPSA) is 73.0 Å². The number of piperidine rings is 1. The lowest BCUT2D eigenvalue weighted by atomic mass is 10.0. The maximum absolute atomic E-state index is 13.0. The summed E-state index contributed by atoms with van der Waals surface area (Å²) in [4.78, 5) is 42.0. The number of amides is 3. The Labute approximate surface area is 160 Å². The van der Waals surface area contributed by atoms with Gasteiger partial charge in [-0.25, -0.2) is 0 Å². The lowest BCUT2D eigenvalue weighted by Gasteiger charge is -2.42. The summed E-state index contributed by atoms with van der Waals surface area (Å²) < 4.78 is 0. The van der Waals surface area contributed by atoms with Gasteiger partial charge in [-0.15, -0.1) is 0 Å². The van der Waals surface area contributed by atoms with Gasteiger partial charge in [0.2, 0.25) is 17.7 Å². The van der Waals surface area contributed by atoms with Crippen molar-refractivity contribution in [3.05, 3.63) is 35.9 Å². The number of hydrogen-bond acceptors (Lipinski definition) is 4. The van der Waals surface area contributed by atoms with Crippen LogP contribution in [0.25, 0.3) is 0 Å². The molecule has 2 heterocycles. The first-order chi connectivity index (χ1) is 13.0. The quantitative estimate of drug-likeness (QED) is 0.815. The van der Waals surface area contributed by atoms with E-state index in [2.05, 4.69) is 22.3 Å². The molecule has 0 bridgehead atoms. The SMILES string of the molecule is CC(=O)NCC(=O)N1CCN([C@H]2CCCN(Cc3ccccc3)C2=O)CC1. The zero-order valence-corrected chi connectivity index (χ0v) is 15.9. The smallest absolute Gasteiger partial charge is 0.242 e. The van der Waals surface area contributed by atoms with Crippen LogP contribution in [0.1, 0.15) is 25.3 Å². The first-order valence-electron chi connectivity index (χ1n) is 9.63. The molecule has 2 aliphatic heterocycles. The molecule has 1 atom stereocenters. The number of likely N-dealkylation sites (tertiary alicyclic amines) is 1. The van der Waals surface area contributed by atoms with Gasteiger partial charge >= 0.3 is 0 Å². The van der Waals surface area contributed by atoms with Gasteiger partial charge in [0.25, 0.3) is 0 Å². The van der Waals surface area contributed by atoms with Crippen molar-refractivity contribution in [2.75, 3.05) is 39.3 Å². The molecule has 27 heavy (non-hydrogen) atoms. The average molecular weight is 372 g/mol. The van der Waals surface area contributed by atoms with Gasteiger partial charge in [0.1, 0.15) is 0 Å². The fraction of sp³-hybridized carbons (Fsp3) is 0.550. The number of carbonyl (C=O) groups is 3. The highest BCUT2D eigenvalue weighted by molar-refractivity contribution is 5.84. The third-order valence-corrected chi connectivity index (χ3v) is 5.31. The first kappa shape index (κ1) is 19.4. The molecule has 0 aliphatic carbocycles. The Morgan fingerprint density at radius 3 is 2.44 bits per heavy atom. The van der Waals surface area contributed by atoms with Crippen molar-refractivity contribution in [2.45, 2.75) is 32.4 Å². The molecule has 0 spiro atoms. The summed E-state index contributed by atoms with van der Waals surface area (Å²) in [6.07, 6.45) is 1.88.